The first-order valence-electron chi connectivity index (χ1n) is 8.90. The van der Waals surface area contributed by atoms with E-state index in [2.05, 4.69) is 24.0 Å². The topological polar surface area (TPSA) is 49.9 Å². The van der Waals surface area contributed by atoms with Gasteiger partial charge in [-0.25, -0.2) is 0 Å². The van der Waals surface area contributed by atoms with Crippen molar-refractivity contribution in [3.8, 4) is 0 Å². The molecule has 2 fully saturated rings. The highest BCUT2D eigenvalue weighted by atomic mass is 16.5. The molecule has 0 unspecified atom stereocenters. The zero-order valence-electron chi connectivity index (χ0n) is 14.5. The molecule has 0 aliphatic carbocycles. The third-order valence-corrected chi connectivity index (χ3v) is 5.06. The van der Waals surface area contributed by atoms with E-state index < -0.39 is 0 Å². The fourth-order valence-corrected chi connectivity index (χ4v) is 3.49. The first-order chi connectivity index (χ1) is 11.6. The molecule has 1 aromatic rings. The Morgan fingerprint density at radius 1 is 1.17 bits per heavy atom. The highest BCUT2D eigenvalue weighted by Crippen LogP contribution is 2.29. The second kappa shape index (κ2) is 7.24. The Kier molecular flexibility index (Phi) is 5.07. The number of anilines is 2. The van der Waals surface area contributed by atoms with Crippen molar-refractivity contribution in [1.29, 1.82) is 0 Å². The van der Waals surface area contributed by atoms with E-state index in [0.717, 1.165) is 24.7 Å². The highest BCUT2D eigenvalue weighted by molar-refractivity contribution is 5.99. The SMILES string of the molecule is CCOC(=O)[C@H]1CC(=O)N(c2ccc(N3CCC(C)CC3)cc2)C1. The molecule has 5 nitrogen and oxygen atoms in total. The molecule has 1 atom stereocenters. The largest absolute Gasteiger partial charge is 0.466 e. The summed E-state index contributed by atoms with van der Waals surface area (Å²) in [6.07, 6.45) is 2.70. The molecule has 3 rings (SSSR count). The van der Waals surface area contributed by atoms with Crippen LogP contribution in [0, 0.1) is 11.8 Å². The van der Waals surface area contributed by atoms with E-state index in [4.69, 9.17) is 4.74 Å². The Morgan fingerprint density at radius 3 is 2.42 bits per heavy atom. The standard InChI is InChI=1S/C19H26N2O3/c1-3-24-19(23)15-12-18(22)21(13-15)17-6-4-16(5-7-17)20-10-8-14(2)9-11-20/h4-7,14-15H,3,8-13H2,1-2H3/t15-/m0/s1. The molecule has 130 valence electrons. The Labute approximate surface area is 143 Å². The maximum Gasteiger partial charge on any atom is 0.311 e. The molecule has 1 aromatic carbocycles. The van der Waals surface area contributed by atoms with Crippen LogP contribution < -0.4 is 9.80 Å². The van der Waals surface area contributed by atoms with Gasteiger partial charge in [-0.15, -0.1) is 0 Å². The van der Waals surface area contributed by atoms with Crippen LogP contribution in [0.3, 0.4) is 0 Å². The van der Waals surface area contributed by atoms with Gasteiger partial charge in [-0.05, 0) is 49.9 Å². The van der Waals surface area contributed by atoms with Crippen molar-refractivity contribution in [2.24, 2.45) is 11.8 Å². The van der Waals surface area contributed by atoms with Crippen molar-refractivity contribution in [2.45, 2.75) is 33.1 Å². The third-order valence-electron chi connectivity index (χ3n) is 5.06. The molecule has 0 N–H and O–H groups in total. The van der Waals surface area contributed by atoms with Crippen LogP contribution in [-0.2, 0) is 14.3 Å². The summed E-state index contributed by atoms with van der Waals surface area (Å²) in [6.45, 7) is 7.04. The summed E-state index contributed by atoms with van der Waals surface area (Å²) in [5.74, 6) is 0.184. The maximum absolute atomic E-state index is 12.2. The summed E-state index contributed by atoms with van der Waals surface area (Å²) in [4.78, 5) is 28.2. The van der Waals surface area contributed by atoms with Gasteiger partial charge in [0.15, 0.2) is 0 Å². The van der Waals surface area contributed by atoms with Crippen LogP contribution in [0.5, 0.6) is 0 Å². The maximum atomic E-state index is 12.2. The average Bonchev–Trinajstić information content (AvgIpc) is 2.98. The fourth-order valence-electron chi connectivity index (χ4n) is 3.49. The zero-order valence-corrected chi connectivity index (χ0v) is 14.5. The molecule has 2 heterocycles. The lowest BCUT2D eigenvalue weighted by molar-refractivity contribution is -0.147. The van der Waals surface area contributed by atoms with E-state index in [0.29, 0.717) is 13.2 Å². The Bertz CT molecular complexity index is 591. The van der Waals surface area contributed by atoms with Gasteiger partial charge in [0.2, 0.25) is 5.91 Å². The van der Waals surface area contributed by atoms with Crippen molar-refractivity contribution >= 4 is 23.3 Å². The molecule has 2 aliphatic heterocycles. The Balaban J connectivity index is 1.65. The van der Waals surface area contributed by atoms with Crippen LogP contribution in [-0.4, -0.2) is 38.1 Å². The molecular weight excluding hydrogens is 304 g/mol. The molecule has 0 saturated carbocycles. The Morgan fingerprint density at radius 2 is 1.79 bits per heavy atom. The predicted molar refractivity (Wildman–Crippen MR) is 94.1 cm³/mol. The summed E-state index contributed by atoms with van der Waals surface area (Å²) in [5.41, 5.74) is 2.07. The van der Waals surface area contributed by atoms with E-state index in [1.807, 2.05) is 12.1 Å². The molecule has 2 saturated heterocycles. The van der Waals surface area contributed by atoms with E-state index in [-0.39, 0.29) is 24.2 Å². The third kappa shape index (κ3) is 3.55. The number of amides is 1. The van der Waals surface area contributed by atoms with Gasteiger partial charge in [-0.2, -0.15) is 0 Å². The molecule has 0 spiro atoms. The van der Waals surface area contributed by atoms with Crippen LogP contribution in [0.1, 0.15) is 33.1 Å². The van der Waals surface area contributed by atoms with Crippen LogP contribution in [0.4, 0.5) is 11.4 Å². The second-order valence-electron chi connectivity index (χ2n) is 6.84. The van der Waals surface area contributed by atoms with Crippen LogP contribution in [0.2, 0.25) is 0 Å². The molecule has 1 amide bonds. The monoisotopic (exact) mass is 330 g/mol. The average molecular weight is 330 g/mol. The van der Waals surface area contributed by atoms with Crippen molar-refractivity contribution < 1.29 is 14.3 Å². The summed E-state index contributed by atoms with van der Waals surface area (Å²) >= 11 is 0. The lowest BCUT2D eigenvalue weighted by atomic mass is 9.99. The van der Waals surface area contributed by atoms with Gasteiger partial charge in [0.1, 0.15) is 0 Å². The van der Waals surface area contributed by atoms with Crippen LogP contribution in [0.25, 0.3) is 0 Å². The minimum Gasteiger partial charge on any atom is -0.466 e. The van der Waals surface area contributed by atoms with Crippen molar-refractivity contribution in [2.75, 3.05) is 36.0 Å². The molecular formula is C19H26N2O3. The van der Waals surface area contributed by atoms with Gasteiger partial charge in [0.25, 0.3) is 0 Å². The van der Waals surface area contributed by atoms with Gasteiger partial charge in [0.05, 0.1) is 12.5 Å². The summed E-state index contributed by atoms with van der Waals surface area (Å²) in [6, 6.07) is 8.13. The number of carbonyl (C=O) groups is 2. The number of ether oxygens (including phenoxy) is 1. The first-order valence-corrected chi connectivity index (χ1v) is 8.90. The van der Waals surface area contributed by atoms with E-state index in [1.165, 1.54) is 18.5 Å². The molecule has 0 radical (unpaired) electrons. The van der Waals surface area contributed by atoms with Crippen LogP contribution >= 0.6 is 0 Å². The number of piperidine rings is 1. The number of hydrogen-bond donors (Lipinski definition) is 0. The quantitative estimate of drug-likeness (QED) is 0.797. The van der Waals surface area contributed by atoms with Gasteiger partial charge in [-0.1, -0.05) is 6.92 Å². The minimum atomic E-state index is -0.347. The van der Waals surface area contributed by atoms with Crippen LogP contribution in [0.15, 0.2) is 24.3 Å². The smallest absolute Gasteiger partial charge is 0.311 e. The molecule has 0 bridgehead atoms. The lowest BCUT2D eigenvalue weighted by Gasteiger charge is -2.32. The number of esters is 1. The highest BCUT2D eigenvalue weighted by Gasteiger charge is 2.36. The summed E-state index contributed by atoms with van der Waals surface area (Å²) in [5, 5.41) is 0. The first kappa shape index (κ1) is 16.8. The van der Waals surface area contributed by atoms with Gasteiger partial charge >= 0.3 is 5.97 Å². The summed E-state index contributed by atoms with van der Waals surface area (Å²) < 4.78 is 5.04. The fraction of sp³-hybridized carbons (Fsp3) is 0.579. The zero-order chi connectivity index (χ0) is 17.1. The van der Waals surface area contributed by atoms with E-state index in [1.54, 1.807) is 11.8 Å². The van der Waals surface area contributed by atoms with Crippen molar-refractivity contribution in [1.82, 2.24) is 0 Å². The number of nitrogens with zero attached hydrogens (tertiary/aromatic N) is 2. The van der Waals surface area contributed by atoms with Gasteiger partial charge < -0.3 is 14.5 Å². The Hall–Kier alpha value is -2.04. The number of carbonyl (C=O) groups excluding carboxylic acids is 2. The summed E-state index contributed by atoms with van der Waals surface area (Å²) in [7, 11) is 0. The number of rotatable bonds is 4. The normalized spacial score (nSPS) is 22.1. The van der Waals surface area contributed by atoms with E-state index in [9.17, 15) is 9.59 Å². The van der Waals surface area contributed by atoms with E-state index >= 15 is 0 Å². The minimum absolute atomic E-state index is 0.00685. The van der Waals surface area contributed by atoms with Gasteiger partial charge in [0, 0.05) is 37.4 Å². The predicted octanol–water partition coefficient (Wildman–Crippen LogP) is 2.84. The molecule has 2 aliphatic rings. The van der Waals surface area contributed by atoms with Gasteiger partial charge in [-0.3, -0.25) is 9.59 Å². The van der Waals surface area contributed by atoms with Crippen molar-refractivity contribution in [3.63, 3.8) is 0 Å². The number of benzene rings is 1. The second-order valence-corrected chi connectivity index (χ2v) is 6.84. The number of hydrogen-bond acceptors (Lipinski definition) is 4. The lowest BCUT2D eigenvalue weighted by Crippen LogP contribution is -2.32. The molecule has 5 heteroatoms. The van der Waals surface area contributed by atoms with Crippen molar-refractivity contribution in [3.05, 3.63) is 24.3 Å². The molecule has 0 aromatic heterocycles. The molecule has 24 heavy (non-hydrogen) atoms.